The Balaban J connectivity index is 1.55. The van der Waals surface area contributed by atoms with E-state index in [0.717, 1.165) is 21.6 Å². The van der Waals surface area contributed by atoms with E-state index in [1.54, 1.807) is 24.3 Å². The van der Waals surface area contributed by atoms with Crippen LogP contribution in [0.1, 0.15) is 35.2 Å². The molecule has 1 fully saturated rings. The maximum Gasteiger partial charge on any atom is 0.301 e. The molecule has 4 aromatic rings. The van der Waals surface area contributed by atoms with Crippen LogP contribution in [0.5, 0.6) is 5.75 Å². The highest BCUT2D eigenvalue weighted by Gasteiger charge is 2.49. The fourth-order valence-electron chi connectivity index (χ4n) is 4.87. The fraction of sp³-hybridized carbons (Fsp3) is 0.179. The van der Waals surface area contributed by atoms with E-state index in [-0.39, 0.29) is 28.1 Å². The number of anilines is 1. The van der Waals surface area contributed by atoms with Crippen LogP contribution in [0.15, 0.2) is 66.2 Å². The van der Waals surface area contributed by atoms with Crippen molar-refractivity contribution in [3.05, 3.63) is 94.3 Å². The highest BCUT2D eigenvalue weighted by atomic mass is 32.1. The first kappa shape index (κ1) is 22.4. The minimum atomic E-state index is -1.17. The minimum absolute atomic E-state index is 0.00376. The van der Waals surface area contributed by atoms with Crippen molar-refractivity contribution in [2.24, 2.45) is 0 Å². The van der Waals surface area contributed by atoms with Crippen molar-refractivity contribution in [3.8, 4) is 5.75 Å². The summed E-state index contributed by atoms with van der Waals surface area (Å²) in [6.07, 6.45) is 0.663. The molecule has 1 aromatic heterocycles. The quantitative estimate of drug-likeness (QED) is 0.222. The molecule has 0 radical (unpaired) electrons. The molecular formula is C28H21FN2O4S. The van der Waals surface area contributed by atoms with Gasteiger partial charge in [-0.3, -0.25) is 14.5 Å². The second kappa shape index (κ2) is 8.27. The van der Waals surface area contributed by atoms with Gasteiger partial charge in [-0.25, -0.2) is 9.37 Å². The van der Waals surface area contributed by atoms with Crippen molar-refractivity contribution in [1.29, 1.82) is 0 Å². The van der Waals surface area contributed by atoms with E-state index in [0.29, 0.717) is 17.5 Å². The summed E-state index contributed by atoms with van der Waals surface area (Å²) < 4.78 is 21.7. The van der Waals surface area contributed by atoms with Gasteiger partial charge in [-0.1, -0.05) is 35.6 Å². The summed E-state index contributed by atoms with van der Waals surface area (Å²) in [5.41, 5.74) is 2.89. The smallest absolute Gasteiger partial charge is 0.301 e. The van der Waals surface area contributed by atoms with Crippen LogP contribution in [0.2, 0.25) is 0 Å². The molecule has 6 rings (SSSR count). The van der Waals surface area contributed by atoms with E-state index in [1.165, 1.54) is 34.4 Å². The number of halogens is 1. The third-order valence-electron chi connectivity index (χ3n) is 6.55. The Bertz CT molecular complexity index is 1610. The van der Waals surface area contributed by atoms with E-state index in [4.69, 9.17) is 4.74 Å². The summed E-state index contributed by atoms with van der Waals surface area (Å²) >= 11 is 1.24. The molecule has 1 amide bonds. The summed E-state index contributed by atoms with van der Waals surface area (Å²) in [7, 11) is 0. The number of benzene rings is 3. The van der Waals surface area contributed by atoms with Gasteiger partial charge in [-0.2, -0.15) is 0 Å². The van der Waals surface area contributed by atoms with E-state index >= 15 is 4.39 Å². The number of aryl methyl sites for hydroxylation is 1. The van der Waals surface area contributed by atoms with Crippen LogP contribution < -0.4 is 9.64 Å². The Morgan fingerprint density at radius 1 is 1.14 bits per heavy atom. The van der Waals surface area contributed by atoms with E-state index in [9.17, 15) is 14.7 Å². The van der Waals surface area contributed by atoms with Crippen LogP contribution in [0.4, 0.5) is 9.52 Å². The normalized spacial score (nSPS) is 20.7. The van der Waals surface area contributed by atoms with Gasteiger partial charge < -0.3 is 9.84 Å². The number of ketones is 1. The standard InChI is InChI=1S/C28H21FN2O4S/c1-14-7-9-20-22(11-14)36-28(30-20)31-24(18-5-3-4-6-19(18)29)23(26(33)27(31)34)25(32)16-8-10-21-17(13-16)12-15(2)35-21/h3-11,13,15,24,32H,12H2,1-2H3/t15-,24+/m1/s1. The molecule has 3 aromatic carbocycles. The molecule has 0 aliphatic carbocycles. The average molecular weight is 501 g/mol. The summed E-state index contributed by atoms with van der Waals surface area (Å²) in [6.45, 7) is 3.90. The number of thiazole rings is 1. The molecule has 2 aliphatic rings. The number of aliphatic hydroxyl groups excluding tert-OH is 1. The first-order valence-corrected chi connectivity index (χ1v) is 12.4. The number of rotatable bonds is 3. The van der Waals surface area contributed by atoms with Gasteiger partial charge in [0.2, 0.25) is 0 Å². The first-order valence-electron chi connectivity index (χ1n) is 11.5. The van der Waals surface area contributed by atoms with Gasteiger partial charge in [0.15, 0.2) is 5.13 Å². The number of hydrogen-bond acceptors (Lipinski definition) is 6. The van der Waals surface area contributed by atoms with Crippen LogP contribution in [0.3, 0.4) is 0 Å². The molecule has 0 bridgehead atoms. The van der Waals surface area contributed by atoms with Gasteiger partial charge in [0.1, 0.15) is 29.5 Å². The highest BCUT2D eigenvalue weighted by molar-refractivity contribution is 7.22. The summed E-state index contributed by atoms with van der Waals surface area (Å²) in [5, 5.41) is 11.6. The largest absolute Gasteiger partial charge is 0.507 e. The van der Waals surface area contributed by atoms with Crippen molar-refractivity contribution in [1.82, 2.24) is 4.98 Å². The van der Waals surface area contributed by atoms with Gasteiger partial charge in [-0.05, 0) is 61.4 Å². The number of carbonyl (C=O) groups is 2. The maximum atomic E-state index is 15.1. The lowest BCUT2D eigenvalue weighted by molar-refractivity contribution is -0.132. The molecule has 8 heteroatoms. The molecule has 180 valence electrons. The second-order valence-corrected chi connectivity index (χ2v) is 10.1. The molecule has 6 nitrogen and oxygen atoms in total. The van der Waals surface area contributed by atoms with Crippen molar-refractivity contribution >= 4 is 44.1 Å². The van der Waals surface area contributed by atoms with Gasteiger partial charge in [0.05, 0.1) is 15.8 Å². The molecule has 1 saturated heterocycles. The van der Waals surface area contributed by atoms with Crippen LogP contribution in [0.25, 0.3) is 16.0 Å². The molecular weight excluding hydrogens is 479 g/mol. The molecule has 2 aliphatic heterocycles. The number of hydrogen-bond donors (Lipinski definition) is 1. The van der Waals surface area contributed by atoms with Crippen molar-refractivity contribution < 1.29 is 23.8 Å². The number of aromatic nitrogens is 1. The lowest BCUT2D eigenvalue weighted by Crippen LogP contribution is -2.29. The third kappa shape index (κ3) is 3.48. The van der Waals surface area contributed by atoms with Gasteiger partial charge >= 0.3 is 5.91 Å². The Morgan fingerprint density at radius 2 is 1.94 bits per heavy atom. The van der Waals surface area contributed by atoms with Crippen LogP contribution >= 0.6 is 11.3 Å². The lowest BCUT2D eigenvalue weighted by Gasteiger charge is -2.23. The Kier molecular flexibility index (Phi) is 5.15. The molecule has 2 atom stereocenters. The number of fused-ring (bicyclic) bond motifs is 2. The maximum absolute atomic E-state index is 15.1. The van der Waals surface area contributed by atoms with Gasteiger partial charge in [0.25, 0.3) is 5.78 Å². The Hall–Kier alpha value is -4.04. The van der Waals surface area contributed by atoms with Crippen LogP contribution in [-0.4, -0.2) is 27.9 Å². The monoisotopic (exact) mass is 500 g/mol. The predicted octanol–water partition coefficient (Wildman–Crippen LogP) is 5.69. The fourth-order valence-corrected chi connectivity index (χ4v) is 5.96. The number of aliphatic hydroxyl groups is 1. The lowest BCUT2D eigenvalue weighted by atomic mass is 9.94. The minimum Gasteiger partial charge on any atom is -0.507 e. The SMILES string of the molecule is Cc1ccc2nc(N3C(=O)C(=O)C(=C(O)c4ccc5c(c4)C[C@@H](C)O5)[C@@H]3c3ccccc3F)sc2c1. The van der Waals surface area contributed by atoms with E-state index in [2.05, 4.69) is 4.98 Å². The number of nitrogens with zero attached hydrogens (tertiary/aromatic N) is 2. The zero-order valence-electron chi connectivity index (χ0n) is 19.5. The zero-order chi connectivity index (χ0) is 25.1. The van der Waals surface area contributed by atoms with E-state index < -0.39 is 23.5 Å². The molecule has 36 heavy (non-hydrogen) atoms. The molecule has 0 unspecified atom stereocenters. The number of Topliss-reactive ketones (excluding diaryl/α,β-unsaturated/α-hetero) is 1. The van der Waals surface area contributed by atoms with Crippen molar-refractivity contribution in [2.75, 3.05) is 4.90 Å². The number of carbonyl (C=O) groups excluding carboxylic acids is 2. The topological polar surface area (TPSA) is 79.7 Å². The summed E-state index contributed by atoms with van der Waals surface area (Å²) in [5.74, 6) is -1.98. The second-order valence-electron chi connectivity index (χ2n) is 9.11. The molecule has 3 heterocycles. The molecule has 0 saturated carbocycles. The Labute approximate surface area is 210 Å². The average Bonchev–Trinajstić information content (AvgIpc) is 3.51. The van der Waals surface area contributed by atoms with Gasteiger partial charge in [-0.15, -0.1) is 0 Å². The summed E-state index contributed by atoms with van der Waals surface area (Å²) in [4.78, 5) is 32.5. The first-order chi connectivity index (χ1) is 17.3. The predicted molar refractivity (Wildman–Crippen MR) is 136 cm³/mol. The third-order valence-corrected chi connectivity index (χ3v) is 7.57. The van der Waals surface area contributed by atoms with Gasteiger partial charge in [0, 0.05) is 17.5 Å². The zero-order valence-corrected chi connectivity index (χ0v) is 20.3. The number of amides is 1. The van der Waals surface area contributed by atoms with Crippen molar-refractivity contribution in [3.63, 3.8) is 0 Å². The van der Waals surface area contributed by atoms with Crippen molar-refractivity contribution in [2.45, 2.75) is 32.4 Å². The van der Waals surface area contributed by atoms with Crippen LogP contribution in [-0.2, 0) is 16.0 Å². The number of ether oxygens (including phenoxy) is 1. The molecule has 1 N–H and O–H groups in total. The Morgan fingerprint density at radius 3 is 2.75 bits per heavy atom. The van der Waals surface area contributed by atoms with E-state index in [1.807, 2.05) is 32.0 Å². The summed E-state index contributed by atoms with van der Waals surface area (Å²) in [6, 6.07) is 15.6. The van der Waals surface area contributed by atoms with Crippen LogP contribution in [0, 0.1) is 12.7 Å². The molecule has 0 spiro atoms. The highest BCUT2D eigenvalue weighted by Crippen LogP contribution is 2.45.